The lowest BCUT2D eigenvalue weighted by molar-refractivity contribution is 0.0947. The van der Waals surface area contributed by atoms with Gasteiger partial charge in [0.1, 0.15) is 0 Å². The Morgan fingerprint density at radius 1 is 1.56 bits per heavy atom. The zero-order valence-electron chi connectivity index (χ0n) is 10.9. The van der Waals surface area contributed by atoms with Crippen LogP contribution in [-0.2, 0) is 12.8 Å². The summed E-state index contributed by atoms with van der Waals surface area (Å²) in [5, 5.41) is 11.9. The number of nitrogens with one attached hydrogen (secondary N) is 1. The van der Waals surface area contributed by atoms with Gasteiger partial charge in [-0.1, -0.05) is 13.3 Å². The molecule has 0 spiro atoms. The molecule has 3 nitrogen and oxygen atoms in total. The quantitative estimate of drug-likeness (QED) is 0.831. The van der Waals surface area contributed by atoms with E-state index in [4.69, 9.17) is 5.11 Å². The highest BCUT2D eigenvalue weighted by molar-refractivity contribution is 7.14. The van der Waals surface area contributed by atoms with Crippen LogP contribution in [0.2, 0.25) is 0 Å². The van der Waals surface area contributed by atoms with E-state index >= 15 is 0 Å². The number of aryl methyl sites for hydroxylation is 2. The average molecular weight is 267 g/mol. The minimum absolute atomic E-state index is 0.0470. The predicted molar refractivity (Wildman–Crippen MR) is 74.2 cm³/mol. The van der Waals surface area contributed by atoms with Gasteiger partial charge in [0.25, 0.3) is 5.91 Å². The monoisotopic (exact) mass is 267 g/mol. The van der Waals surface area contributed by atoms with Crippen LogP contribution in [0.15, 0.2) is 6.07 Å². The fourth-order valence-electron chi connectivity index (χ4n) is 2.40. The van der Waals surface area contributed by atoms with Gasteiger partial charge in [0.2, 0.25) is 0 Å². The van der Waals surface area contributed by atoms with Crippen molar-refractivity contribution in [3.63, 3.8) is 0 Å². The van der Waals surface area contributed by atoms with Crippen LogP contribution in [0.1, 0.15) is 46.3 Å². The number of carbonyl (C=O) groups is 1. The van der Waals surface area contributed by atoms with E-state index in [0.717, 1.165) is 30.6 Å². The number of fused-ring (bicyclic) bond motifs is 1. The molecule has 1 atom stereocenters. The Hall–Kier alpha value is -0.870. The SMILES string of the molecule is CCC(CCO)CNC(=O)c1cc2c(s1)CCC2. The van der Waals surface area contributed by atoms with Gasteiger partial charge < -0.3 is 10.4 Å². The fourth-order valence-corrected chi connectivity index (χ4v) is 3.57. The maximum atomic E-state index is 12.0. The first-order valence-electron chi connectivity index (χ1n) is 6.75. The number of rotatable bonds is 6. The molecular formula is C14H21NO2S. The molecule has 1 aliphatic rings. The van der Waals surface area contributed by atoms with Crippen LogP contribution < -0.4 is 5.32 Å². The Labute approximate surface area is 112 Å². The molecular weight excluding hydrogens is 246 g/mol. The third kappa shape index (κ3) is 3.12. The van der Waals surface area contributed by atoms with Crippen LogP contribution in [0, 0.1) is 5.92 Å². The van der Waals surface area contributed by atoms with Crippen molar-refractivity contribution in [2.45, 2.75) is 39.0 Å². The summed E-state index contributed by atoms with van der Waals surface area (Å²) >= 11 is 1.64. The van der Waals surface area contributed by atoms with Crippen molar-refractivity contribution >= 4 is 17.2 Å². The molecule has 0 bridgehead atoms. The second kappa shape index (κ2) is 6.34. The molecule has 2 rings (SSSR count). The summed E-state index contributed by atoms with van der Waals surface area (Å²) in [4.78, 5) is 14.2. The van der Waals surface area contributed by atoms with Gasteiger partial charge in [0, 0.05) is 18.0 Å². The molecule has 1 amide bonds. The van der Waals surface area contributed by atoms with Crippen molar-refractivity contribution < 1.29 is 9.90 Å². The highest BCUT2D eigenvalue weighted by atomic mass is 32.1. The first-order chi connectivity index (χ1) is 8.74. The van der Waals surface area contributed by atoms with Gasteiger partial charge in [0.15, 0.2) is 0 Å². The highest BCUT2D eigenvalue weighted by Gasteiger charge is 2.18. The molecule has 0 fully saturated rings. The molecule has 0 aromatic carbocycles. The maximum absolute atomic E-state index is 12.0. The maximum Gasteiger partial charge on any atom is 0.261 e. The molecule has 1 aromatic rings. The molecule has 0 saturated heterocycles. The van der Waals surface area contributed by atoms with Crippen LogP contribution in [-0.4, -0.2) is 24.2 Å². The van der Waals surface area contributed by atoms with Gasteiger partial charge in [-0.25, -0.2) is 0 Å². The van der Waals surface area contributed by atoms with Crippen molar-refractivity contribution in [2.24, 2.45) is 5.92 Å². The van der Waals surface area contributed by atoms with E-state index in [1.165, 1.54) is 16.9 Å². The summed E-state index contributed by atoms with van der Waals surface area (Å²) < 4.78 is 0. The van der Waals surface area contributed by atoms with Crippen molar-refractivity contribution in [1.29, 1.82) is 0 Å². The van der Waals surface area contributed by atoms with E-state index in [9.17, 15) is 4.79 Å². The Morgan fingerprint density at radius 3 is 3.06 bits per heavy atom. The van der Waals surface area contributed by atoms with Crippen LogP contribution in [0.4, 0.5) is 0 Å². The predicted octanol–water partition coefficient (Wildman–Crippen LogP) is 2.38. The Kier molecular flexibility index (Phi) is 4.78. The molecule has 1 heterocycles. The number of hydrogen-bond acceptors (Lipinski definition) is 3. The lowest BCUT2D eigenvalue weighted by Gasteiger charge is -2.13. The zero-order chi connectivity index (χ0) is 13.0. The second-order valence-corrected chi connectivity index (χ2v) is 6.05. The Bertz CT molecular complexity index is 392. The zero-order valence-corrected chi connectivity index (χ0v) is 11.7. The molecule has 0 saturated carbocycles. The summed E-state index contributed by atoms with van der Waals surface area (Å²) in [6.07, 6.45) is 5.24. The van der Waals surface area contributed by atoms with E-state index < -0.39 is 0 Å². The molecule has 0 radical (unpaired) electrons. The molecule has 2 N–H and O–H groups in total. The van der Waals surface area contributed by atoms with Crippen LogP contribution in [0.5, 0.6) is 0 Å². The van der Waals surface area contributed by atoms with E-state index in [1.54, 1.807) is 11.3 Å². The molecule has 1 aromatic heterocycles. The van der Waals surface area contributed by atoms with Gasteiger partial charge in [-0.15, -0.1) is 11.3 Å². The summed E-state index contributed by atoms with van der Waals surface area (Å²) in [6.45, 7) is 2.95. The lowest BCUT2D eigenvalue weighted by atomic mass is 10.0. The van der Waals surface area contributed by atoms with Crippen LogP contribution >= 0.6 is 11.3 Å². The van der Waals surface area contributed by atoms with E-state index in [-0.39, 0.29) is 12.5 Å². The minimum Gasteiger partial charge on any atom is -0.396 e. The average Bonchev–Trinajstić information content (AvgIpc) is 2.94. The van der Waals surface area contributed by atoms with Crippen molar-refractivity contribution in [2.75, 3.05) is 13.2 Å². The Morgan fingerprint density at radius 2 is 2.39 bits per heavy atom. The van der Waals surface area contributed by atoms with Crippen molar-refractivity contribution in [3.05, 3.63) is 21.4 Å². The smallest absolute Gasteiger partial charge is 0.261 e. The molecule has 100 valence electrons. The molecule has 18 heavy (non-hydrogen) atoms. The first kappa shape index (κ1) is 13.6. The normalized spacial score (nSPS) is 15.4. The number of carbonyl (C=O) groups excluding carboxylic acids is 1. The largest absolute Gasteiger partial charge is 0.396 e. The summed E-state index contributed by atoms with van der Waals surface area (Å²) in [7, 11) is 0. The summed E-state index contributed by atoms with van der Waals surface area (Å²) in [6, 6.07) is 2.05. The van der Waals surface area contributed by atoms with Gasteiger partial charge in [-0.3, -0.25) is 4.79 Å². The number of hydrogen-bond donors (Lipinski definition) is 2. The number of aliphatic hydroxyl groups excluding tert-OH is 1. The van der Waals surface area contributed by atoms with Gasteiger partial charge in [0.05, 0.1) is 4.88 Å². The van der Waals surface area contributed by atoms with E-state index in [2.05, 4.69) is 18.3 Å². The van der Waals surface area contributed by atoms with Gasteiger partial charge >= 0.3 is 0 Å². The highest BCUT2D eigenvalue weighted by Crippen LogP contribution is 2.30. The lowest BCUT2D eigenvalue weighted by Crippen LogP contribution is -2.29. The summed E-state index contributed by atoms with van der Waals surface area (Å²) in [5.74, 6) is 0.427. The fraction of sp³-hybridized carbons (Fsp3) is 0.643. The Balaban J connectivity index is 1.87. The van der Waals surface area contributed by atoms with Crippen LogP contribution in [0.3, 0.4) is 0 Å². The van der Waals surface area contributed by atoms with Crippen molar-refractivity contribution in [1.82, 2.24) is 5.32 Å². The van der Waals surface area contributed by atoms with E-state index in [1.807, 2.05) is 0 Å². The van der Waals surface area contributed by atoms with E-state index in [0.29, 0.717) is 12.5 Å². The van der Waals surface area contributed by atoms with Gasteiger partial charge in [-0.2, -0.15) is 0 Å². The number of thiophene rings is 1. The topological polar surface area (TPSA) is 49.3 Å². The third-order valence-electron chi connectivity index (χ3n) is 3.64. The first-order valence-corrected chi connectivity index (χ1v) is 7.56. The molecule has 4 heteroatoms. The third-order valence-corrected chi connectivity index (χ3v) is 4.87. The van der Waals surface area contributed by atoms with Crippen molar-refractivity contribution in [3.8, 4) is 0 Å². The summed E-state index contributed by atoms with van der Waals surface area (Å²) in [5.41, 5.74) is 1.37. The second-order valence-electron chi connectivity index (χ2n) is 4.91. The van der Waals surface area contributed by atoms with Crippen LogP contribution in [0.25, 0.3) is 0 Å². The standard InChI is InChI=1S/C14H21NO2S/c1-2-10(6-7-16)9-15-14(17)13-8-11-4-3-5-12(11)18-13/h8,10,16H,2-7,9H2,1H3,(H,15,17). The minimum atomic E-state index is 0.0470. The number of amides is 1. The molecule has 1 unspecified atom stereocenters. The molecule has 1 aliphatic carbocycles. The number of aliphatic hydroxyl groups is 1. The molecule has 0 aliphatic heterocycles. The van der Waals surface area contributed by atoms with Gasteiger partial charge in [-0.05, 0) is 43.2 Å².